The Kier molecular flexibility index (Phi) is 5.71. The van der Waals surface area contributed by atoms with Crippen molar-refractivity contribution >= 4 is 33.2 Å². The second-order valence-corrected chi connectivity index (χ2v) is 7.10. The number of benzene rings is 2. The number of hydrogen-bond donors (Lipinski definition) is 2. The molecule has 0 unspecified atom stereocenters. The minimum Gasteiger partial charge on any atom is -0.273 e. The van der Waals surface area contributed by atoms with Gasteiger partial charge in [0.05, 0.1) is 17.0 Å². The lowest BCUT2D eigenvalue weighted by atomic mass is 10.1. The summed E-state index contributed by atoms with van der Waals surface area (Å²) in [7, 11) is -3.73. The summed E-state index contributed by atoms with van der Waals surface area (Å²) in [4.78, 5) is 11.9. The number of carbonyl (C=O) groups is 1. The van der Waals surface area contributed by atoms with E-state index in [2.05, 4.69) is 10.5 Å². The highest BCUT2D eigenvalue weighted by Gasteiger charge is 2.08. The molecule has 0 spiro atoms. The van der Waals surface area contributed by atoms with Crippen molar-refractivity contribution in [2.45, 2.75) is 18.2 Å². The van der Waals surface area contributed by atoms with Gasteiger partial charge >= 0.3 is 0 Å². The number of nitrogens with one attached hydrogen (secondary N) is 1. The van der Waals surface area contributed by atoms with Crippen molar-refractivity contribution in [1.82, 2.24) is 5.43 Å². The average molecular weight is 366 g/mol. The lowest BCUT2D eigenvalue weighted by Gasteiger charge is -2.04. The van der Waals surface area contributed by atoms with Crippen LogP contribution in [0.4, 0.5) is 0 Å². The van der Waals surface area contributed by atoms with Crippen LogP contribution < -0.4 is 10.6 Å². The van der Waals surface area contributed by atoms with Crippen molar-refractivity contribution in [2.75, 3.05) is 0 Å². The van der Waals surface area contributed by atoms with Gasteiger partial charge in [0.15, 0.2) is 0 Å². The van der Waals surface area contributed by atoms with E-state index in [9.17, 15) is 13.2 Å². The summed E-state index contributed by atoms with van der Waals surface area (Å²) in [6.45, 7) is 1.70. The highest BCUT2D eigenvalue weighted by atomic mass is 35.5. The largest absolute Gasteiger partial charge is 0.273 e. The maximum absolute atomic E-state index is 11.9. The summed E-state index contributed by atoms with van der Waals surface area (Å²) in [6.07, 6.45) is 0.179. The van der Waals surface area contributed by atoms with Crippen molar-refractivity contribution in [3.8, 4) is 0 Å². The first kappa shape index (κ1) is 18.1. The van der Waals surface area contributed by atoms with Gasteiger partial charge in [-0.3, -0.25) is 4.79 Å². The van der Waals surface area contributed by atoms with E-state index in [1.807, 2.05) is 0 Å². The molecule has 8 heteroatoms. The zero-order valence-corrected chi connectivity index (χ0v) is 14.4. The van der Waals surface area contributed by atoms with Gasteiger partial charge in [0.1, 0.15) is 0 Å². The van der Waals surface area contributed by atoms with E-state index in [4.69, 9.17) is 16.7 Å². The molecular formula is C16H16ClN3O3S. The minimum atomic E-state index is -3.73. The number of rotatable bonds is 5. The van der Waals surface area contributed by atoms with E-state index in [-0.39, 0.29) is 17.2 Å². The van der Waals surface area contributed by atoms with E-state index < -0.39 is 10.0 Å². The predicted molar refractivity (Wildman–Crippen MR) is 93.3 cm³/mol. The van der Waals surface area contributed by atoms with Crippen molar-refractivity contribution < 1.29 is 13.2 Å². The molecule has 0 bridgehead atoms. The fourth-order valence-electron chi connectivity index (χ4n) is 1.92. The standard InChI is InChI=1S/C16H16ClN3O3S/c1-11(13-4-8-15(9-5-13)24(18,22)23)19-20-16(21)10-12-2-6-14(17)7-3-12/h2-9H,10H2,1H3,(H,20,21)(H2,18,22,23)/b19-11+. The Balaban J connectivity index is 2.00. The van der Waals surface area contributed by atoms with Crippen molar-refractivity contribution in [2.24, 2.45) is 10.2 Å². The van der Waals surface area contributed by atoms with E-state index in [1.54, 1.807) is 43.3 Å². The molecule has 0 saturated carbocycles. The van der Waals surface area contributed by atoms with Crippen LogP contribution in [0.3, 0.4) is 0 Å². The van der Waals surface area contributed by atoms with Gasteiger partial charge in [-0.1, -0.05) is 35.9 Å². The molecule has 2 aromatic rings. The van der Waals surface area contributed by atoms with E-state index >= 15 is 0 Å². The summed E-state index contributed by atoms with van der Waals surface area (Å²) < 4.78 is 22.4. The average Bonchev–Trinajstić information content (AvgIpc) is 2.54. The SMILES string of the molecule is C/C(=N\NC(=O)Cc1ccc(Cl)cc1)c1ccc(S(N)(=O)=O)cc1. The molecule has 1 amide bonds. The summed E-state index contributed by atoms with van der Waals surface area (Å²) in [5.74, 6) is -0.266. The maximum atomic E-state index is 11.9. The van der Waals surface area contributed by atoms with Gasteiger partial charge in [-0.2, -0.15) is 5.10 Å². The van der Waals surface area contributed by atoms with Gasteiger partial charge in [-0.05, 0) is 42.3 Å². The Morgan fingerprint density at radius 3 is 2.25 bits per heavy atom. The zero-order valence-electron chi connectivity index (χ0n) is 12.9. The molecule has 0 aliphatic heterocycles. The van der Waals surface area contributed by atoms with Crippen LogP contribution in [-0.2, 0) is 21.2 Å². The predicted octanol–water partition coefficient (Wildman–Crippen LogP) is 2.07. The minimum absolute atomic E-state index is 0.0193. The van der Waals surface area contributed by atoms with Gasteiger partial charge in [-0.25, -0.2) is 19.0 Å². The summed E-state index contributed by atoms with van der Waals surface area (Å²) in [5, 5.41) is 9.66. The van der Waals surface area contributed by atoms with E-state index in [0.717, 1.165) is 5.56 Å². The van der Waals surface area contributed by atoms with Gasteiger partial charge in [0.25, 0.3) is 0 Å². The van der Waals surface area contributed by atoms with Crippen LogP contribution in [-0.4, -0.2) is 20.0 Å². The van der Waals surface area contributed by atoms with Crippen LogP contribution in [0.25, 0.3) is 0 Å². The van der Waals surface area contributed by atoms with Crippen molar-refractivity contribution in [1.29, 1.82) is 0 Å². The molecule has 0 atom stereocenters. The van der Waals surface area contributed by atoms with Gasteiger partial charge in [0, 0.05) is 5.02 Å². The number of amides is 1. The van der Waals surface area contributed by atoms with Gasteiger partial charge in [-0.15, -0.1) is 0 Å². The van der Waals surface area contributed by atoms with Crippen LogP contribution in [0.1, 0.15) is 18.1 Å². The molecule has 0 aromatic heterocycles. The number of hydrazone groups is 1. The first-order chi connectivity index (χ1) is 11.3. The molecule has 2 aromatic carbocycles. The normalized spacial score (nSPS) is 12.0. The lowest BCUT2D eigenvalue weighted by molar-refractivity contribution is -0.120. The van der Waals surface area contributed by atoms with Crippen LogP contribution in [0.2, 0.25) is 5.02 Å². The van der Waals surface area contributed by atoms with Crippen LogP contribution in [0.5, 0.6) is 0 Å². The molecule has 2 rings (SSSR count). The number of nitrogens with zero attached hydrogens (tertiary/aromatic N) is 1. The monoisotopic (exact) mass is 365 g/mol. The summed E-state index contributed by atoms with van der Waals surface area (Å²) in [6, 6.07) is 12.9. The number of primary sulfonamides is 1. The van der Waals surface area contributed by atoms with Crippen LogP contribution >= 0.6 is 11.6 Å². The number of carbonyl (C=O) groups excluding carboxylic acids is 1. The molecule has 3 N–H and O–H groups in total. The summed E-state index contributed by atoms with van der Waals surface area (Å²) in [5.41, 5.74) is 4.50. The number of nitrogens with two attached hydrogens (primary N) is 1. The topological polar surface area (TPSA) is 102 Å². The summed E-state index contributed by atoms with van der Waals surface area (Å²) >= 11 is 5.79. The smallest absolute Gasteiger partial charge is 0.244 e. The Labute approximate surface area is 145 Å². The van der Waals surface area contributed by atoms with Gasteiger partial charge in [0.2, 0.25) is 15.9 Å². The molecular weight excluding hydrogens is 350 g/mol. The fraction of sp³-hybridized carbons (Fsp3) is 0.125. The third-order valence-electron chi connectivity index (χ3n) is 3.23. The van der Waals surface area contributed by atoms with Crippen LogP contribution in [0.15, 0.2) is 58.5 Å². The lowest BCUT2D eigenvalue weighted by Crippen LogP contribution is -2.21. The fourth-order valence-corrected chi connectivity index (χ4v) is 2.57. The molecule has 0 heterocycles. The molecule has 0 fully saturated rings. The second kappa shape index (κ2) is 7.57. The Hall–Kier alpha value is -2.22. The molecule has 0 saturated heterocycles. The maximum Gasteiger partial charge on any atom is 0.244 e. The molecule has 0 aliphatic carbocycles. The van der Waals surface area contributed by atoms with Crippen LogP contribution in [0, 0.1) is 0 Å². The van der Waals surface area contributed by atoms with E-state index in [0.29, 0.717) is 16.3 Å². The molecule has 0 radical (unpaired) electrons. The number of sulfonamides is 1. The first-order valence-corrected chi connectivity index (χ1v) is 8.89. The van der Waals surface area contributed by atoms with Crippen molar-refractivity contribution in [3.05, 3.63) is 64.7 Å². The highest BCUT2D eigenvalue weighted by Crippen LogP contribution is 2.11. The molecule has 126 valence electrons. The highest BCUT2D eigenvalue weighted by molar-refractivity contribution is 7.89. The van der Waals surface area contributed by atoms with Crippen molar-refractivity contribution in [3.63, 3.8) is 0 Å². The Bertz CT molecular complexity index is 860. The molecule has 6 nitrogen and oxygen atoms in total. The number of halogens is 1. The van der Waals surface area contributed by atoms with E-state index in [1.165, 1.54) is 12.1 Å². The molecule has 0 aliphatic rings. The zero-order chi connectivity index (χ0) is 17.7. The third kappa shape index (κ3) is 5.16. The quantitative estimate of drug-likeness (QED) is 0.626. The molecule has 24 heavy (non-hydrogen) atoms. The third-order valence-corrected chi connectivity index (χ3v) is 4.41. The Morgan fingerprint density at radius 2 is 1.71 bits per heavy atom. The van der Waals surface area contributed by atoms with Gasteiger partial charge < -0.3 is 0 Å². The number of hydrogen-bond acceptors (Lipinski definition) is 4. The first-order valence-electron chi connectivity index (χ1n) is 6.96. The Morgan fingerprint density at radius 1 is 1.12 bits per heavy atom. The second-order valence-electron chi connectivity index (χ2n) is 5.10.